The number of aromatic nitrogens is 1. The second kappa shape index (κ2) is 6.23. The van der Waals surface area contributed by atoms with Crippen molar-refractivity contribution in [3.8, 4) is 11.5 Å². The molecule has 1 aliphatic rings. The summed E-state index contributed by atoms with van der Waals surface area (Å²) in [5, 5.41) is 4.15. The molecule has 1 aliphatic heterocycles. The largest absolute Gasteiger partial charge is 0.441 e. The van der Waals surface area contributed by atoms with Crippen LogP contribution < -0.4 is 0 Å². The van der Waals surface area contributed by atoms with Gasteiger partial charge in [0, 0.05) is 33.3 Å². The Morgan fingerprint density at radius 2 is 2.22 bits per heavy atom. The lowest BCUT2D eigenvalue weighted by molar-refractivity contribution is 0.247. The molecular weight excluding hydrogens is 324 g/mol. The summed E-state index contributed by atoms with van der Waals surface area (Å²) in [6.45, 7) is 6.23. The lowest BCUT2D eigenvalue weighted by Gasteiger charge is -2.22. The lowest BCUT2D eigenvalue weighted by Crippen LogP contribution is -2.22. The second-order valence-corrected chi connectivity index (χ2v) is 8.21. The van der Waals surface area contributed by atoms with Gasteiger partial charge in [-0.05, 0) is 56.8 Å². The van der Waals surface area contributed by atoms with Crippen LogP contribution in [0, 0.1) is 13.8 Å². The smallest absolute Gasteiger partial charge is 0.227 e. The Bertz CT molecular complexity index is 788. The molecule has 1 atom stereocenters. The van der Waals surface area contributed by atoms with E-state index >= 15 is 0 Å². The number of hydrogen-bond donors (Lipinski definition) is 0. The standard InChI is InChI=1S/C18H20N2OS2/c1-12-5-6-17(23-12)16-4-3-8-20(16)10-15-13(2)21-18(19-15)14-7-9-22-11-14/h5-7,9,11,16H,3-4,8,10H2,1-2H3. The summed E-state index contributed by atoms with van der Waals surface area (Å²) in [4.78, 5) is 10.2. The summed E-state index contributed by atoms with van der Waals surface area (Å²) >= 11 is 3.60. The van der Waals surface area contributed by atoms with Crippen molar-refractivity contribution in [3.05, 3.63) is 50.2 Å². The number of rotatable bonds is 4. The van der Waals surface area contributed by atoms with Crippen molar-refractivity contribution in [3.63, 3.8) is 0 Å². The van der Waals surface area contributed by atoms with E-state index in [1.807, 2.05) is 18.3 Å². The number of aryl methyl sites for hydroxylation is 2. The van der Waals surface area contributed by atoms with Crippen LogP contribution in [-0.4, -0.2) is 16.4 Å². The Balaban J connectivity index is 1.55. The summed E-state index contributed by atoms with van der Waals surface area (Å²) in [5.41, 5.74) is 2.16. The van der Waals surface area contributed by atoms with Crippen molar-refractivity contribution in [2.45, 2.75) is 39.3 Å². The minimum absolute atomic E-state index is 0.536. The van der Waals surface area contributed by atoms with Crippen LogP contribution in [0.2, 0.25) is 0 Å². The van der Waals surface area contributed by atoms with E-state index in [1.165, 1.54) is 22.6 Å². The van der Waals surface area contributed by atoms with E-state index in [1.54, 1.807) is 11.3 Å². The van der Waals surface area contributed by atoms with Crippen LogP contribution in [0.15, 0.2) is 33.4 Å². The summed E-state index contributed by atoms with van der Waals surface area (Å²) in [5.74, 6) is 1.70. The van der Waals surface area contributed by atoms with E-state index in [-0.39, 0.29) is 0 Å². The van der Waals surface area contributed by atoms with Gasteiger partial charge in [0.05, 0.1) is 5.69 Å². The maximum atomic E-state index is 5.89. The molecule has 3 nitrogen and oxygen atoms in total. The van der Waals surface area contributed by atoms with Crippen molar-refractivity contribution in [1.29, 1.82) is 0 Å². The fourth-order valence-electron chi connectivity index (χ4n) is 3.25. The fourth-order valence-corrected chi connectivity index (χ4v) is 4.92. The molecule has 5 heteroatoms. The zero-order chi connectivity index (χ0) is 15.8. The Morgan fingerprint density at radius 1 is 1.30 bits per heavy atom. The molecule has 23 heavy (non-hydrogen) atoms. The molecule has 120 valence electrons. The highest BCUT2D eigenvalue weighted by Crippen LogP contribution is 2.37. The maximum absolute atomic E-state index is 5.89. The zero-order valence-electron chi connectivity index (χ0n) is 13.4. The number of nitrogens with zero attached hydrogens (tertiary/aromatic N) is 2. The van der Waals surface area contributed by atoms with E-state index in [0.29, 0.717) is 6.04 Å². The molecule has 1 saturated heterocycles. The van der Waals surface area contributed by atoms with Gasteiger partial charge in [0.15, 0.2) is 0 Å². The van der Waals surface area contributed by atoms with Crippen LogP contribution in [0.1, 0.15) is 40.1 Å². The van der Waals surface area contributed by atoms with Crippen molar-refractivity contribution >= 4 is 22.7 Å². The second-order valence-electron chi connectivity index (χ2n) is 6.11. The molecule has 0 amide bonds. The molecule has 4 rings (SSSR count). The average molecular weight is 345 g/mol. The molecule has 0 saturated carbocycles. The first-order chi connectivity index (χ1) is 11.2. The molecule has 0 aliphatic carbocycles. The van der Waals surface area contributed by atoms with E-state index in [4.69, 9.17) is 9.40 Å². The summed E-state index contributed by atoms with van der Waals surface area (Å²) in [6, 6.07) is 7.11. The van der Waals surface area contributed by atoms with Gasteiger partial charge in [-0.3, -0.25) is 4.90 Å². The van der Waals surface area contributed by atoms with Crippen LogP contribution in [-0.2, 0) is 6.54 Å². The van der Waals surface area contributed by atoms with Crippen molar-refractivity contribution in [1.82, 2.24) is 9.88 Å². The van der Waals surface area contributed by atoms with Gasteiger partial charge in [0.25, 0.3) is 0 Å². The zero-order valence-corrected chi connectivity index (χ0v) is 15.0. The highest BCUT2D eigenvalue weighted by Gasteiger charge is 2.28. The van der Waals surface area contributed by atoms with Gasteiger partial charge >= 0.3 is 0 Å². The molecule has 0 bridgehead atoms. The van der Waals surface area contributed by atoms with E-state index in [0.717, 1.165) is 36.0 Å². The molecule has 3 aromatic rings. The molecular formula is C18H20N2OS2. The highest BCUT2D eigenvalue weighted by atomic mass is 32.1. The van der Waals surface area contributed by atoms with E-state index < -0.39 is 0 Å². The van der Waals surface area contributed by atoms with E-state index in [9.17, 15) is 0 Å². The van der Waals surface area contributed by atoms with Gasteiger partial charge in [0.2, 0.25) is 5.89 Å². The highest BCUT2D eigenvalue weighted by molar-refractivity contribution is 7.12. The monoisotopic (exact) mass is 344 g/mol. The average Bonchev–Trinajstić information content (AvgIpc) is 3.28. The molecule has 1 fully saturated rings. The van der Waals surface area contributed by atoms with Crippen LogP contribution >= 0.6 is 22.7 Å². The Morgan fingerprint density at radius 3 is 2.96 bits per heavy atom. The number of oxazole rings is 1. The summed E-state index contributed by atoms with van der Waals surface area (Å²) < 4.78 is 5.89. The predicted molar refractivity (Wildman–Crippen MR) is 96.0 cm³/mol. The molecule has 1 unspecified atom stereocenters. The molecule has 0 spiro atoms. The normalized spacial score (nSPS) is 18.8. The minimum atomic E-state index is 0.536. The molecule has 4 heterocycles. The van der Waals surface area contributed by atoms with Crippen molar-refractivity contribution in [2.75, 3.05) is 6.54 Å². The van der Waals surface area contributed by atoms with Gasteiger partial charge in [-0.15, -0.1) is 11.3 Å². The number of hydrogen-bond acceptors (Lipinski definition) is 5. The van der Waals surface area contributed by atoms with Gasteiger partial charge in [-0.2, -0.15) is 11.3 Å². The van der Waals surface area contributed by atoms with Gasteiger partial charge in [0.1, 0.15) is 5.76 Å². The Labute approximate surface area is 144 Å². The topological polar surface area (TPSA) is 29.3 Å². The SMILES string of the molecule is Cc1ccc(C2CCCN2Cc2nc(-c3ccsc3)oc2C)s1. The number of thiophene rings is 2. The molecule has 0 aromatic carbocycles. The van der Waals surface area contributed by atoms with Gasteiger partial charge in [-0.1, -0.05) is 0 Å². The van der Waals surface area contributed by atoms with Crippen LogP contribution in [0.4, 0.5) is 0 Å². The third kappa shape index (κ3) is 3.01. The first-order valence-electron chi connectivity index (χ1n) is 8.00. The van der Waals surface area contributed by atoms with Crippen molar-refractivity contribution < 1.29 is 4.42 Å². The minimum Gasteiger partial charge on any atom is -0.441 e. The molecule has 0 N–H and O–H groups in total. The summed E-state index contributed by atoms with van der Waals surface area (Å²) in [7, 11) is 0. The molecule has 3 aromatic heterocycles. The van der Waals surface area contributed by atoms with Gasteiger partial charge in [-0.25, -0.2) is 4.98 Å². The third-order valence-corrected chi connectivity index (χ3v) is 6.25. The summed E-state index contributed by atoms with van der Waals surface area (Å²) in [6.07, 6.45) is 2.50. The quantitative estimate of drug-likeness (QED) is 0.633. The van der Waals surface area contributed by atoms with Crippen LogP contribution in [0.25, 0.3) is 11.5 Å². The third-order valence-electron chi connectivity index (χ3n) is 4.47. The Kier molecular flexibility index (Phi) is 4.09. The lowest BCUT2D eigenvalue weighted by atomic mass is 10.2. The number of likely N-dealkylation sites (tertiary alicyclic amines) is 1. The molecule has 0 radical (unpaired) electrons. The predicted octanol–water partition coefficient (Wildman–Crippen LogP) is 5.42. The van der Waals surface area contributed by atoms with Crippen LogP contribution in [0.3, 0.4) is 0 Å². The van der Waals surface area contributed by atoms with Crippen molar-refractivity contribution in [2.24, 2.45) is 0 Å². The fraction of sp³-hybridized carbons (Fsp3) is 0.389. The Hall–Kier alpha value is -1.43. The van der Waals surface area contributed by atoms with E-state index in [2.05, 4.69) is 40.8 Å². The van der Waals surface area contributed by atoms with Gasteiger partial charge < -0.3 is 4.42 Å². The first kappa shape index (κ1) is 15.1. The maximum Gasteiger partial charge on any atom is 0.227 e. The van der Waals surface area contributed by atoms with Crippen LogP contribution in [0.5, 0.6) is 0 Å². The first-order valence-corrected chi connectivity index (χ1v) is 9.76.